The zero-order valence-electron chi connectivity index (χ0n) is 9.65. The Balaban J connectivity index is 2.31. The number of hydrogen-bond acceptors (Lipinski definition) is 3. The van der Waals surface area contributed by atoms with Crippen LogP contribution in [0.4, 0.5) is 4.39 Å². The number of nitrogens with zero attached hydrogens (tertiary/aromatic N) is 1. The minimum Gasteiger partial charge on any atom is -0.436 e. The lowest BCUT2D eigenvalue weighted by molar-refractivity contribution is 0.281. The van der Waals surface area contributed by atoms with Gasteiger partial charge in [-0.2, -0.15) is 0 Å². The van der Waals surface area contributed by atoms with Crippen molar-refractivity contribution in [3.8, 4) is 11.6 Å². The third-order valence-electron chi connectivity index (χ3n) is 2.45. The molecule has 1 aromatic heterocycles. The Hall–Kier alpha value is -1.65. The van der Waals surface area contributed by atoms with Crippen molar-refractivity contribution in [3.63, 3.8) is 0 Å². The molecule has 1 heterocycles. The summed E-state index contributed by atoms with van der Waals surface area (Å²) in [6.45, 7) is 1.42. The van der Waals surface area contributed by atoms with Gasteiger partial charge in [0.1, 0.15) is 0 Å². The van der Waals surface area contributed by atoms with Gasteiger partial charge in [0, 0.05) is 17.8 Å². The Morgan fingerprint density at radius 2 is 2.22 bits per heavy atom. The van der Waals surface area contributed by atoms with Crippen LogP contribution in [-0.4, -0.2) is 10.1 Å². The van der Waals surface area contributed by atoms with E-state index in [9.17, 15) is 4.39 Å². The Morgan fingerprint density at radius 3 is 2.94 bits per heavy atom. The first-order chi connectivity index (χ1) is 8.61. The fourth-order valence-corrected chi connectivity index (χ4v) is 1.61. The van der Waals surface area contributed by atoms with Gasteiger partial charge in [0.15, 0.2) is 11.6 Å². The first-order valence-corrected chi connectivity index (χ1v) is 5.68. The number of benzene rings is 1. The molecule has 0 aliphatic heterocycles. The van der Waals surface area contributed by atoms with E-state index in [4.69, 9.17) is 21.4 Å². The van der Waals surface area contributed by atoms with Crippen molar-refractivity contribution >= 4 is 11.6 Å². The van der Waals surface area contributed by atoms with Crippen LogP contribution >= 0.6 is 11.6 Å². The van der Waals surface area contributed by atoms with Gasteiger partial charge in [0.05, 0.1) is 11.6 Å². The quantitative estimate of drug-likeness (QED) is 0.926. The van der Waals surface area contributed by atoms with Crippen molar-refractivity contribution in [1.29, 1.82) is 0 Å². The number of aliphatic hydroxyl groups is 1. The second kappa shape index (κ2) is 5.33. The van der Waals surface area contributed by atoms with Crippen molar-refractivity contribution in [3.05, 3.63) is 52.4 Å². The minimum absolute atomic E-state index is 0.0914. The number of aliphatic hydroxyl groups excluding tert-OH is 1. The third-order valence-corrected chi connectivity index (χ3v) is 2.79. The van der Waals surface area contributed by atoms with Gasteiger partial charge in [0.25, 0.3) is 0 Å². The van der Waals surface area contributed by atoms with Crippen LogP contribution in [0.3, 0.4) is 0 Å². The monoisotopic (exact) mass is 267 g/mol. The van der Waals surface area contributed by atoms with Gasteiger partial charge >= 0.3 is 0 Å². The lowest BCUT2D eigenvalue weighted by Crippen LogP contribution is -1.95. The van der Waals surface area contributed by atoms with Gasteiger partial charge < -0.3 is 9.84 Å². The molecule has 0 amide bonds. The predicted octanol–water partition coefficient (Wildman–Crippen LogP) is 3.47. The molecule has 0 spiro atoms. The summed E-state index contributed by atoms with van der Waals surface area (Å²) >= 11 is 5.80. The molecule has 0 fully saturated rings. The summed E-state index contributed by atoms with van der Waals surface area (Å²) in [5, 5.41) is 9.41. The normalized spacial score (nSPS) is 10.4. The number of halogens is 2. The highest BCUT2D eigenvalue weighted by Gasteiger charge is 2.09. The van der Waals surface area contributed by atoms with Crippen LogP contribution in [0.1, 0.15) is 11.1 Å². The highest BCUT2D eigenvalue weighted by Crippen LogP contribution is 2.27. The molecule has 0 radical (unpaired) electrons. The number of hydrogen-bond donors (Lipinski definition) is 1. The molecule has 1 aromatic carbocycles. The maximum absolute atomic E-state index is 13.7. The van der Waals surface area contributed by atoms with E-state index in [2.05, 4.69) is 4.98 Å². The first-order valence-electron chi connectivity index (χ1n) is 5.30. The number of aromatic nitrogens is 1. The molecule has 0 saturated heterocycles. The van der Waals surface area contributed by atoms with E-state index in [-0.39, 0.29) is 18.2 Å². The molecular weight excluding hydrogens is 257 g/mol. The maximum atomic E-state index is 13.7. The molecule has 0 unspecified atom stereocenters. The lowest BCUT2D eigenvalue weighted by Gasteiger charge is -2.08. The molecular formula is C13H11ClFNO2. The van der Waals surface area contributed by atoms with E-state index < -0.39 is 5.82 Å². The van der Waals surface area contributed by atoms with Gasteiger partial charge in [-0.3, -0.25) is 0 Å². The summed E-state index contributed by atoms with van der Waals surface area (Å²) in [4.78, 5) is 3.92. The van der Waals surface area contributed by atoms with Crippen molar-refractivity contribution in [2.24, 2.45) is 0 Å². The van der Waals surface area contributed by atoms with Crippen LogP contribution in [-0.2, 0) is 6.61 Å². The van der Waals surface area contributed by atoms with E-state index >= 15 is 0 Å². The van der Waals surface area contributed by atoms with Crippen molar-refractivity contribution < 1.29 is 14.2 Å². The van der Waals surface area contributed by atoms with Crippen LogP contribution in [0.2, 0.25) is 5.02 Å². The molecule has 0 aliphatic carbocycles. The Labute approximate surface area is 109 Å². The number of ether oxygens (including phenoxy) is 1. The van der Waals surface area contributed by atoms with Crippen LogP contribution in [0.5, 0.6) is 11.6 Å². The number of rotatable bonds is 3. The largest absolute Gasteiger partial charge is 0.436 e. The van der Waals surface area contributed by atoms with Crippen molar-refractivity contribution in [2.45, 2.75) is 13.5 Å². The zero-order chi connectivity index (χ0) is 13.1. The molecule has 1 N–H and O–H groups in total. The second-order valence-electron chi connectivity index (χ2n) is 3.76. The highest BCUT2D eigenvalue weighted by atomic mass is 35.5. The average Bonchev–Trinajstić information content (AvgIpc) is 2.37. The highest BCUT2D eigenvalue weighted by molar-refractivity contribution is 6.31. The molecule has 0 bridgehead atoms. The molecule has 0 saturated carbocycles. The fraction of sp³-hybridized carbons (Fsp3) is 0.154. The van der Waals surface area contributed by atoms with Crippen LogP contribution in [0, 0.1) is 12.7 Å². The zero-order valence-corrected chi connectivity index (χ0v) is 10.4. The Bertz CT molecular complexity index is 575. The lowest BCUT2D eigenvalue weighted by atomic mass is 10.2. The van der Waals surface area contributed by atoms with Crippen molar-refractivity contribution in [2.75, 3.05) is 0 Å². The SMILES string of the molecule is Cc1cccc(Oc2cc(CO)c(Cl)cn2)c1F. The fourth-order valence-electron chi connectivity index (χ4n) is 1.45. The molecule has 3 nitrogen and oxygen atoms in total. The van der Waals surface area contributed by atoms with E-state index in [0.717, 1.165) is 0 Å². The molecule has 18 heavy (non-hydrogen) atoms. The third kappa shape index (κ3) is 2.60. The smallest absolute Gasteiger partial charge is 0.219 e. The molecule has 0 aliphatic rings. The van der Waals surface area contributed by atoms with E-state index in [1.165, 1.54) is 18.3 Å². The Kier molecular flexibility index (Phi) is 3.79. The van der Waals surface area contributed by atoms with Crippen LogP contribution in [0.25, 0.3) is 0 Å². The summed E-state index contributed by atoms with van der Waals surface area (Å²) in [6.07, 6.45) is 1.36. The average molecular weight is 268 g/mol. The molecule has 94 valence electrons. The predicted molar refractivity (Wildman–Crippen MR) is 66.4 cm³/mol. The first kappa shape index (κ1) is 12.8. The van der Waals surface area contributed by atoms with E-state index in [0.29, 0.717) is 16.1 Å². The summed E-state index contributed by atoms with van der Waals surface area (Å²) in [6, 6.07) is 6.33. The minimum atomic E-state index is -0.431. The van der Waals surface area contributed by atoms with Gasteiger partial charge in [-0.1, -0.05) is 23.7 Å². The van der Waals surface area contributed by atoms with E-state index in [1.54, 1.807) is 19.1 Å². The summed E-state index contributed by atoms with van der Waals surface area (Å²) < 4.78 is 19.1. The second-order valence-corrected chi connectivity index (χ2v) is 4.17. The van der Waals surface area contributed by atoms with E-state index in [1.807, 2.05) is 0 Å². The van der Waals surface area contributed by atoms with Gasteiger partial charge in [0.2, 0.25) is 5.88 Å². The summed E-state index contributed by atoms with van der Waals surface area (Å²) in [5.74, 6) is -0.151. The summed E-state index contributed by atoms with van der Waals surface area (Å²) in [7, 11) is 0. The number of aryl methyl sites for hydroxylation is 1. The number of pyridine rings is 1. The maximum Gasteiger partial charge on any atom is 0.219 e. The molecule has 0 atom stereocenters. The van der Waals surface area contributed by atoms with Gasteiger partial charge in [-0.15, -0.1) is 0 Å². The van der Waals surface area contributed by atoms with Crippen LogP contribution in [0.15, 0.2) is 30.5 Å². The van der Waals surface area contributed by atoms with Gasteiger partial charge in [-0.25, -0.2) is 9.37 Å². The topological polar surface area (TPSA) is 42.4 Å². The molecule has 2 aromatic rings. The van der Waals surface area contributed by atoms with Crippen molar-refractivity contribution in [1.82, 2.24) is 4.98 Å². The Morgan fingerprint density at radius 1 is 1.44 bits per heavy atom. The van der Waals surface area contributed by atoms with Crippen LogP contribution < -0.4 is 4.74 Å². The summed E-state index contributed by atoms with van der Waals surface area (Å²) in [5.41, 5.74) is 0.971. The standard InChI is InChI=1S/C13H11ClFNO2/c1-8-3-2-4-11(13(8)15)18-12-5-9(7-17)10(14)6-16-12/h2-6,17H,7H2,1H3. The molecule has 2 rings (SSSR count). The van der Waals surface area contributed by atoms with Gasteiger partial charge in [-0.05, 0) is 18.6 Å². The molecule has 5 heteroatoms.